The first-order valence-corrected chi connectivity index (χ1v) is 5.83. The van der Waals surface area contributed by atoms with E-state index in [0.717, 1.165) is 6.07 Å². The highest BCUT2D eigenvalue weighted by molar-refractivity contribution is 6.31. The van der Waals surface area contributed by atoms with E-state index in [1.54, 1.807) is 0 Å². The van der Waals surface area contributed by atoms with Crippen LogP contribution in [0.2, 0.25) is 5.02 Å². The maximum atomic E-state index is 12.8. The second-order valence-electron chi connectivity index (χ2n) is 3.85. The normalized spacial score (nSPS) is 10.9. The summed E-state index contributed by atoms with van der Waals surface area (Å²) in [7, 11) is 0. The van der Waals surface area contributed by atoms with Crippen molar-refractivity contribution in [1.82, 2.24) is 0 Å². The second kappa shape index (κ2) is 5.43. The van der Waals surface area contributed by atoms with E-state index in [9.17, 15) is 13.2 Å². The average molecular weight is 298 g/mol. The van der Waals surface area contributed by atoms with Gasteiger partial charge in [-0.25, -0.2) is 0 Å². The standard InChI is InChI=1S/C14H7ClF3NO/c15-12-7-10(6-5-9(12)8-19)20-13-4-2-1-3-11(13)14(16,17)18/h1-7H. The lowest BCUT2D eigenvalue weighted by Gasteiger charge is -2.13. The van der Waals surface area contributed by atoms with Crippen LogP contribution >= 0.6 is 11.6 Å². The van der Waals surface area contributed by atoms with Crippen LogP contribution in [-0.2, 0) is 6.18 Å². The summed E-state index contributed by atoms with van der Waals surface area (Å²) in [6.07, 6.45) is -4.51. The lowest BCUT2D eigenvalue weighted by Crippen LogP contribution is -2.06. The number of nitrogens with zero attached hydrogens (tertiary/aromatic N) is 1. The number of alkyl halides is 3. The molecule has 0 aliphatic carbocycles. The summed E-state index contributed by atoms with van der Waals surface area (Å²) >= 11 is 5.80. The number of hydrogen-bond donors (Lipinski definition) is 0. The zero-order chi connectivity index (χ0) is 14.8. The molecular weight excluding hydrogens is 291 g/mol. The Morgan fingerprint density at radius 2 is 1.80 bits per heavy atom. The highest BCUT2D eigenvalue weighted by atomic mass is 35.5. The van der Waals surface area contributed by atoms with Crippen molar-refractivity contribution in [1.29, 1.82) is 5.26 Å². The third kappa shape index (κ3) is 3.03. The zero-order valence-electron chi connectivity index (χ0n) is 9.91. The average Bonchev–Trinajstić information content (AvgIpc) is 2.38. The third-order valence-corrected chi connectivity index (χ3v) is 2.79. The van der Waals surface area contributed by atoms with Crippen molar-refractivity contribution in [3.8, 4) is 17.6 Å². The van der Waals surface area contributed by atoms with Crippen molar-refractivity contribution in [2.45, 2.75) is 6.18 Å². The molecule has 0 N–H and O–H groups in total. The molecule has 0 unspecified atom stereocenters. The first-order chi connectivity index (χ1) is 9.41. The quantitative estimate of drug-likeness (QED) is 0.779. The van der Waals surface area contributed by atoms with Crippen LogP contribution in [0.4, 0.5) is 13.2 Å². The fraction of sp³-hybridized carbons (Fsp3) is 0.0714. The van der Waals surface area contributed by atoms with Gasteiger partial charge in [-0.3, -0.25) is 0 Å². The summed E-state index contributed by atoms with van der Waals surface area (Å²) in [5, 5.41) is 8.85. The van der Waals surface area contributed by atoms with Crippen LogP contribution in [0, 0.1) is 11.3 Å². The molecule has 0 aliphatic rings. The van der Waals surface area contributed by atoms with Gasteiger partial charge < -0.3 is 4.74 Å². The van der Waals surface area contributed by atoms with E-state index in [1.165, 1.54) is 36.4 Å². The van der Waals surface area contributed by atoms with Crippen molar-refractivity contribution < 1.29 is 17.9 Å². The molecule has 0 saturated carbocycles. The lowest BCUT2D eigenvalue weighted by molar-refractivity contribution is -0.138. The Morgan fingerprint density at radius 1 is 1.10 bits per heavy atom. The van der Waals surface area contributed by atoms with Crippen molar-refractivity contribution in [2.75, 3.05) is 0 Å². The van der Waals surface area contributed by atoms with Gasteiger partial charge in [0.05, 0.1) is 16.1 Å². The first kappa shape index (κ1) is 14.2. The summed E-state index contributed by atoms with van der Waals surface area (Å²) < 4.78 is 43.6. The maximum absolute atomic E-state index is 12.8. The van der Waals surface area contributed by atoms with Gasteiger partial charge in [-0.05, 0) is 24.3 Å². The molecule has 0 radical (unpaired) electrons. The molecule has 0 bridgehead atoms. The van der Waals surface area contributed by atoms with Gasteiger partial charge in [-0.15, -0.1) is 0 Å². The Balaban J connectivity index is 2.36. The molecule has 2 rings (SSSR count). The molecule has 0 amide bonds. The number of nitriles is 1. The number of rotatable bonds is 2. The van der Waals surface area contributed by atoms with Gasteiger partial charge in [0.25, 0.3) is 0 Å². The second-order valence-corrected chi connectivity index (χ2v) is 4.26. The number of benzene rings is 2. The first-order valence-electron chi connectivity index (χ1n) is 5.45. The van der Waals surface area contributed by atoms with Gasteiger partial charge in [-0.1, -0.05) is 23.7 Å². The lowest BCUT2D eigenvalue weighted by atomic mass is 10.2. The molecule has 20 heavy (non-hydrogen) atoms. The van der Waals surface area contributed by atoms with E-state index in [-0.39, 0.29) is 22.1 Å². The van der Waals surface area contributed by atoms with E-state index < -0.39 is 11.7 Å². The maximum Gasteiger partial charge on any atom is 0.419 e. The number of ether oxygens (including phenoxy) is 1. The molecule has 102 valence electrons. The Kier molecular flexibility index (Phi) is 3.86. The third-order valence-electron chi connectivity index (χ3n) is 2.48. The van der Waals surface area contributed by atoms with Crippen LogP contribution in [0.3, 0.4) is 0 Å². The molecular formula is C14H7ClF3NO. The minimum Gasteiger partial charge on any atom is -0.457 e. The SMILES string of the molecule is N#Cc1ccc(Oc2ccccc2C(F)(F)F)cc1Cl. The molecule has 0 fully saturated rings. The van der Waals surface area contributed by atoms with Gasteiger partial charge in [0.2, 0.25) is 0 Å². The minimum absolute atomic E-state index is 0.120. The van der Waals surface area contributed by atoms with Crippen LogP contribution in [0.15, 0.2) is 42.5 Å². The van der Waals surface area contributed by atoms with Crippen molar-refractivity contribution >= 4 is 11.6 Å². The van der Waals surface area contributed by atoms with Gasteiger partial charge in [0.15, 0.2) is 0 Å². The molecule has 0 heterocycles. The van der Waals surface area contributed by atoms with Gasteiger partial charge >= 0.3 is 6.18 Å². The number of halogens is 4. The smallest absolute Gasteiger partial charge is 0.419 e. The molecule has 0 aliphatic heterocycles. The van der Waals surface area contributed by atoms with Crippen LogP contribution in [-0.4, -0.2) is 0 Å². The molecule has 2 nitrogen and oxygen atoms in total. The molecule has 2 aromatic rings. The van der Waals surface area contributed by atoms with Crippen LogP contribution < -0.4 is 4.74 Å². The fourth-order valence-electron chi connectivity index (χ4n) is 1.57. The summed E-state index contributed by atoms with van der Waals surface area (Å²) in [5.74, 6) is -0.188. The minimum atomic E-state index is -4.51. The monoisotopic (exact) mass is 297 g/mol. The predicted octanol–water partition coefficient (Wildman–Crippen LogP) is 5.02. The topological polar surface area (TPSA) is 33.0 Å². The Hall–Kier alpha value is -2.19. The van der Waals surface area contributed by atoms with Crippen molar-refractivity contribution in [3.05, 3.63) is 58.6 Å². The molecule has 6 heteroatoms. The Labute approximate surface area is 118 Å². The van der Waals surface area contributed by atoms with Gasteiger partial charge in [0, 0.05) is 6.07 Å². The van der Waals surface area contributed by atoms with E-state index in [0.29, 0.717) is 0 Å². The highest BCUT2D eigenvalue weighted by Crippen LogP contribution is 2.38. The van der Waals surface area contributed by atoms with Crippen molar-refractivity contribution in [3.63, 3.8) is 0 Å². The Morgan fingerprint density at radius 3 is 2.40 bits per heavy atom. The molecule has 0 atom stereocenters. The number of hydrogen-bond acceptors (Lipinski definition) is 2. The molecule has 0 spiro atoms. The zero-order valence-corrected chi connectivity index (χ0v) is 10.7. The summed E-state index contributed by atoms with van der Waals surface area (Å²) in [6, 6.07) is 10.8. The summed E-state index contributed by atoms with van der Waals surface area (Å²) in [4.78, 5) is 0. The largest absolute Gasteiger partial charge is 0.457 e. The Bertz CT molecular complexity index is 677. The summed E-state index contributed by atoms with van der Waals surface area (Å²) in [5.41, 5.74) is -0.649. The molecule has 0 aromatic heterocycles. The van der Waals surface area contributed by atoms with E-state index >= 15 is 0 Å². The van der Waals surface area contributed by atoms with Crippen LogP contribution in [0.1, 0.15) is 11.1 Å². The van der Waals surface area contributed by atoms with Crippen LogP contribution in [0.25, 0.3) is 0 Å². The fourth-order valence-corrected chi connectivity index (χ4v) is 1.78. The van der Waals surface area contributed by atoms with Gasteiger partial charge in [0.1, 0.15) is 17.6 Å². The van der Waals surface area contributed by atoms with E-state index in [4.69, 9.17) is 21.6 Å². The van der Waals surface area contributed by atoms with Crippen LogP contribution in [0.5, 0.6) is 11.5 Å². The van der Waals surface area contributed by atoms with Gasteiger partial charge in [-0.2, -0.15) is 18.4 Å². The van der Waals surface area contributed by atoms with Crippen molar-refractivity contribution in [2.24, 2.45) is 0 Å². The summed E-state index contributed by atoms with van der Waals surface area (Å²) in [6.45, 7) is 0. The predicted molar refractivity (Wildman–Crippen MR) is 67.7 cm³/mol. The number of para-hydroxylation sites is 1. The molecule has 2 aromatic carbocycles. The molecule has 0 saturated heterocycles. The van der Waals surface area contributed by atoms with E-state index in [1.807, 2.05) is 6.07 Å². The van der Waals surface area contributed by atoms with E-state index in [2.05, 4.69) is 0 Å². The highest BCUT2D eigenvalue weighted by Gasteiger charge is 2.34.